The number of nitriles is 1. The monoisotopic (exact) mass is 464 g/mol. The molecule has 0 saturated heterocycles. The molecule has 1 aromatic heterocycles. The lowest BCUT2D eigenvalue weighted by Gasteiger charge is -2.04. The summed E-state index contributed by atoms with van der Waals surface area (Å²) in [7, 11) is 0. The lowest BCUT2D eigenvalue weighted by atomic mass is 10.1. The van der Waals surface area contributed by atoms with Crippen LogP contribution in [0.15, 0.2) is 75.1 Å². The zero-order chi connectivity index (χ0) is 21.5. The topological polar surface area (TPSA) is 92.3 Å². The van der Waals surface area contributed by atoms with Crippen LogP contribution in [-0.2, 0) is 9.53 Å². The van der Waals surface area contributed by atoms with E-state index in [9.17, 15) is 14.9 Å². The van der Waals surface area contributed by atoms with E-state index in [1.165, 1.54) is 6.08 Å². The van der Waals surface area contributed by atoms with Gasteiger partial charge in [-0.3, -0.25) is 4.79 Å². The molecule has 6 nitrogen and oxygen atoms in total. The van der Waals surface area contributed by atoms with Crippen LogP contribution in [0.25, 0.3) is 17.4 Å². The molecule has 0 radical (unpaired) electrons. The van der Waals surface area contributed by atoms with Gasteiger partial charge in [-0.15, -0.1) is 0 Å². The maximum atomic E-state index is 12.4. The van der Waals surface area contributed by atoms with Crippen molar-refractivity contribution in [3.8, 4) is 17.4 Å². The Balaban J connectivity index is 1.74. The van der Waals surface area contributed by atoms with E-state index in [1.807, 2.05) is 6.07 Å². The number of nitrogens with zero attached hydrogens (tertiary/aromatic N) is 1. The van der Waals surface area contributed by atoms with E-state index >= 15 is 0 Å². The lowest BCUT2D eigenvalue weighted by molar-refractivity contribution is -0.112. The first-order valence-electron chi connectivity index (χ1n) is 9.06. The number of hydrogen-bond donors (Lipinski definition) is 1. The molecule has 0 unspecified atom stereocenters. The van der Waals surface area contributed by atoms with E-state index in [2.05, 4.69) is 21.2 Å². The molecule has 1 amide bonds. The van der Waals surface area contributed by atoms with Crippen LogP contribution in [0.2, 0.25) is 0 Å². The molecule has 150 valence electrons. The van der Waals surface area contributed by atoms with E-state index in [0.717, 1.165) is 10.0 Å². The molecular formula is C23H17BrN2O4. The van der Waals surface area contributed by atoms with Crippen molar-refractivity contribution in [1.82, 2.24) is 0 Å². The molecule has 0 spiro atoms. The Hall–Kier alpha value is -3.63. The van der Waals surface area contributed by atoms with Crippen LogP contribution in [0.1, 0.15) is 23.0 Å². The van der Waals surface area contributed by atoms with Crippen LogP contribution in [-0.4, -0.2) is 18.5 Å². The zero-order valence-corrected chi connectivity index (χ0v) is 17.6. The molecule has 0 saturated carbocycles. The van der Waals surface area contributed by atoms with Crippen LogP contribution >= 0.6 is 15.9 Å². The smallest absolute Gasteiger partial charge is 0.338 e. The molecule has 2 aromatic carbocycles. The number of esters is 1. The Kier molecular flexibility index (Phi) is 6.83. The van der Waals surface area contributed by atoms with Gasteiger partial charge in [0.2, 0.25) is 0 Å². The number of amides is 1. The van der Waals surface area contributed by atoms with Gasteiger partial charge in [-0.05, 0) is 55.5 Å². The van der Waals surface area contributed by atoms with Crippen molar-refractivity contribution < 1.29 is 18.7 Å². The summed E-state index contributed by atoms with van der Waals surface area (Å²) in [5.41, 5.74) is 1.69. The summed E-state index contributed by atoms with van der Waals surface area (Å²) in [6, 6.07) is 19.1. The molecule has 3 rings (SSSR count). The molecule has 0 bridgehead atoms. The van der Waals surface area contributed by atoms with Gasteiger partial charge in [-0.2, -0.15) is 5.26 Å². The van der Waals surface area contributed by atoms with Crippen LogP contribution in [0, 0.1) is 11.3 Å². The van der Waals surface area contributed by atoms with Crippen molar-refractivity contribution in [2.45, 2.75) is 6.92 Å². The fraction of sp³-hybridized carbons (Fsp3) is 0.0870. The Morgan fingerprint density at radius 2 is 1.80 bits per heavy atom. The van der Waals surface area contributed by atoms with Gasteiger partial charge >= 0.3 is 5.97 Å². The number of hydrogen-bond acceptors (Lipinski definition) is 5. The van der Waals surface area contributed by atoms with E-state index in [4.69, 9.17) is 9.15 Å². The third kappa shape index (κ3) is 5.25. The highest BCUT2D eigenvalue weighted by Gasteiger charge is 2.12. The average molecular weight is 465 g/mol. The first kappa shape index (κ1) is 21.1. The first-order chi connectivity index (χ1) is 14.5. The highest BCUT2D eigenvalue weighted by atomic mass is 79.9. The van der Waals surface area contributed by atoms with Gasteiger partial charge < -0.3 is 14.5 Å². The van der Waals surface area contributed by atoms with Crippen molar-refractivity contribution in [3.63, 3.8) is 0 Å². The maximum Gasteiger partial charge on any atom is 0.338 e. The minimum Gasteiger partial charge on any atom is -0.462 e. The summed E-state index contributed by atoms with van der Waals surface area (Å²) < 4.78 is 11.6. The fourth-order valence-electron chi connectivity index (χ4n) is 2.59. The lowest BCUT2D eigenvalue weighted by Crippen LogP contribution is -2.13. The highest BCUT2D eigenvalue weighted by molar-refractivity contribution is 9.10. The van der Waals surface area contributed by atoms with Gasteiger partial charge in [0.15, 0.2) is 0 Å². The summed E-state index contributed by atoms with van der Waals surface area (Å²) in [5.74, 6) is -0.0108. The average Bonchev–Trinajstić information content (AvgIpc) is 3.22. The number of halogens is 1. The van der Waals surface area contributed by atoms with E-state index in [-0.39, 0.29) is 11.5 Å². The van der Waals surface area contributed by atoms with Gasteiger partial charge in [-0.1, -0.05) is 28.1 Å². The molecule has 0 aliphatic carbocycles. The van der Waals surface area contributed by atoms with Crippen molar-refractivity contribution >= 4 is 39.6 Å². The Bertz CT molecular complexity index is 1120. The summed E-state index contributed by atoms with van der Waals surface area (Å²) in [4.78, 5) is 24.1. The second-order valence-corrected chi connectivity index (χ2v) is 7.05. The maximum absolute atomic E-state index is 12.4. The van der Waals surface area contributed by atoms with Crippen molar-refractivity contribution in [1.29, 1.82) is 5.26 Å². The predicted octanol–water partition coefficient (Wildman–Crippen LogP) is 5.43. The third-order valence-electron chi connectivity index (χ3n) is 4.06. The third-order valence-corrected chi connectivity index (χ3v) is 4.59. The van der Waals surface area contributed by atoms with E-state index in [0.29, 0.717) is 29.4 Å². The molecule has 1 N–H and O–H groups in total. The molecule has 1 heterocycles. The summed E-state index contributed by atoms with van der Waals surface area (Å²) in [5, 5.41) is 12.0. The number of rotatable bonds is 6. The van der Waals surface area contributed by atoms with Gasteiger partial charge in [0.25, 0.3) is 5.91 Å². The van der Waals surface area contributed by atoms with E-state index in [1.54, 1.807) is 67.6 Å². The predicted molar refractivity (Wildman–Crippen MR) is 116 cm³/mol. The minimum atomic E-state index is -0.531. The van der Waals surface area contributed by atoms with Crippen LogP contribution < -0.4 is 5.32 Å². The molecule has 7 heteroatoms. The van der Waals surface area contributed by atoms with Gasteiger partial charge in [0.1, 0.15) is 23.2 Å². The van der Waals surface area contributed by atoms with Crippen LogP contribution in [0.3, 0.4) is 0 Å². The van der Waals surface area contributed by atoms with Crippen LogP contribution in [0.5, 0.6) is 0 Å². The van der Waals surface area contributed by atoms with Gasteiger partial charge in [0.05, 0.1) is 12.2 Å². The van der Waals surface area contributed by atoms with Crippen LogP contribution in [0.4, 0.5) is 5.69 Å². The second-order valence-electron chi connectivity index (χ2n) is 6.13. The number of carbonyl (C=O) groups excluding carboxylic acids is 2. The highest BCUT2D eigenvalue weighted by Crippen LogP contribution is 2.24. The summed E-state index contributed by atoms with van der Waals surface area (Å²) >= 11 is 3.33. The molecule has 0 aliphatic rings. The molecule has 0 fully saturated rings. The Labute approximate surface area is 181 Å². The van der Waals surface area contributed by atoms with Crippen molar-refractivity contribution in [2.75, 3.05) is 11.9 Å². The Morgan fingerprint density at radius 1 is 1.10 bits per heavy atom. The summed E-state index contributed by atoms with van der Waals surface area (Å²) in [6.07, 6.45) is 1.38. The van der Waals surface area contributed by atoms with Gasteiger partial charge in [-0.25, -0.2) is 4.79 Å². The molecular weight excluding hydrogens is 448 g/mol. The van der Waals surface area contributed by atoms with Crippen molar-refractivity contribution in [2.24, 2.45) is 0 Å². The van der Waals surface area contributed by atoms with E-state index < -0.39 is 5.91 Å². The fourth-order valence-corrected chi connectivity index (χ4v) is 2.86. The molecule has 30 heavy (non-hydrogen) atoms. The number of nitrogens with one attached hydrogen (secondary N) is 1. The normalized spacial score (nSPS) is 10.9. The number of furan rings is 1. The quantitative estimate of drug-likeness (QED) is 0.298. The SMILES string of the molecule is CCOC(=O)c1ccc(-c2ccc(C=C(C#N)C(=O)Nc3ccc(Br)cc3)o2)cc1. The number of benzene rings is 2. The zero-order valence-electron chi connectivity index (χ0n) is 16.0. The first-order valence-corrected chi connectivity index (χ1v) is 9.85. The Morgan fingerprint density at radius 3 is 2.43 bits per heavy atom. The largest absolute Gasteiger partial charge is 0.462 e. The number of anilines is 1. The number of ether oxygens (including phenoxy) is 1. The molecule has 0 atom stereocenters. The minimum absolute atomic E-state index is 0.0866. The molecule has 0 aliphatic heterocycles. The second kappa shape index (κ2) is 9.72. The van der Waals surface area contributed by atoms with Crippen molar-refractivity contribution in [3.05, 3.63) is 82.0 Å². The molecule has 3 aromatic rings. The summed E-state index contributed by atoms with van der Waals surface area (Å²) in [6.45, 7) is 2.06. The van der Waals surface area contributed by atoms with Gasteiger partial charge in [0, 0.05) is 21.8 Å². The standard InChI is InChI=1S/C23H17BrN2O4/c1-2-29-23(28)16-5-3-15(4-6-16)21-12-11-20(30-21)13-17(14-25)22(27)26-19-9-7-18(24)8-10-19/h3-13H,2H2,1H3,(H,26,27). The number of carbonyl (C=O) groups is 2.